The van der Waals surface area contributed by atoms with E-state index in [2.05, 4.69) is 41.5 Å². The minimum atomic E-state index is -0.218. The SMILES string of the molecule is CC(C)(C)C1=CC(=C(N)c2ccccc2)C=C(C(C)(C)C)C1=O. The number of hydrogen-bond acceptors (Lipinski definition) is 2. The number of Topliss-reactive ketones (excluding diaryl/α,β-unsaturated/α-hetero) is 1. The molecule has 2 rings (SSSR count). The molecule has 0 aliphatic heterocycles. The Morgan fingerprint density at radius 3 is 1.65 bits per heavy atom. The maximum atomic E-state index is 12.9. The molecular weight excluding hydrogens is 282 g/mol. The summed E-state index contributed by atoms with van der Waals surface area (Å²) in [6.45, 7) is 12.4. The van der Waals surface area contributed by atoms with Crippen LogP contribution in [0.2, 0.25) is 0 Å². The largest absolute Gasteiger partial charge is 0.398 e. The van der Waals surface area contributed by atoms with Gasteiger partial charge >= 0.3 is 0 Å². The molecule has 2 nitrogen and oxygen atoms in total. The van der Waals surface area contributed by atoms with Crippen LogP contribution in [0.4, 0.5) is 0 Å². The van der Waals surface area contributed by atoms with Gasteiger partial charge in [-0.2, -0.15) is 0 Å². The van der Waals surface area contributed by atoms with E-state index in [0.29, 0.717) is 5.70 Å². The minimum absolute atomic E-state index is 0.134. The van der Waals surface area contributed by atoms with Crippen molar-refractivity contribution in [3.63, 3.8) is 0 Å². The molecule has 0 saturated heterocycles. The molecular formula is C21H27NO. The zero-order valence-electron chi connectivity index (χ0n) is 15.0. The van der Waals surface area contributed by atoms with Crippen LogP contribution in [-0.4, -0.2) is 5.78 Å². The summed E-state index contributed by atoms with van der Waals surface area (Å²) in [6, 6.07) is 9.90. The van der Waals surface area contributed by atoms with Crippen LogP contribution in [0.5, 0.6) is 0 Å². The molecule has 1 aromatic carbocycles. The lowest BCUT2D eigenvalue weighted by Gasteiger charge is -2.31. The molecule has 122 valence electrons. The van der Waals surface area contributed by atoms with Crippen LogP contribution in [0.25, 0.3) is 5.70 Å². The minimum Gasteiger partial charge on any atom is -0.398 e. The average Bonchev–Trinajstić information content (AvgIpc) is 2.45. The Balaban J connectivity index is 2.68. The summed E-state index contributed by atoms with van der Waals surface area (Å²) in [5.74, 6) is 0.134. The molecule has 0 amide bonds. The first-order valence-electron chi connectivity index (χ1n) is 8.06. The van der Waals surface area contributed by atoms with Crippen LogP contribution >= 0.6 is 0 Å². The first-order chi connectivity index (χ1) is 10.5. The molecule has 2 N–H and O–H groups in total. The molecule has 0 heterocycles. The molecule has 1 aliphatic carbocycles. The normalized spacial score (nSPS) is 16.1. The van der Waals surface area contributed by atoms with Gasteiger partial charge in [-0.3, -0.25) is 4.79 Å². The Hall–Kier alpha value is -2.09. The number of carbonyl (C=O) groups excluding carboxylic acids is 1. The molecule has 0 fully saturated rings. The van der Waals surface area contributed by atoms with Crippen molar-refractivity contribution in [2.45, 2.75) is 41.5 Å². The fourth-order valence-electron chi connectivity index (χ4n) is 2.68. The first kappa shape index (κ1) is 17.3. The Morgan fingerprint density at radius 2 is 1.26 bits per heavy atom. The van der Waals surface area contributed by atoms with E-state index in [1.165, 1.54) is 0 Å². The van der Waals surface area contributed by atoms with Crippen LogP contribution in [-0.2, 0) is 4.79 Å². The van der Waals surface area contributed by atoms with Gasteiger partial charge < -0.3 is 5.73 Å². The standard InChI is InChI=1S/C21H27NO/c1-20(2,3)16-12-15(13-17(19(16)23)21(4,5)6)18(22)14-10-8-7-9-11-14/h7-13H,22H2,1-6H3. The third-order valence-corrected chi connectivity index (χ3v) is 4.10. The van der Waals surface area contributed by atoms with E-state index in [1.807, 2.05) is 42.5 Å². The molecule has 0 radical (unpaired) electrons. The molecule has 23 heavy (non-hydrogen) atoms. The van der Waals surface area contributed by atoms with Crippen molar-refractivity contribution in [3.8, 4) is 0 Å². The van der Waals surface area contributed by atoms with Gasteiger partial charge in [0, 0.05) is 16.8 Å². The second-order valence-electron chi connectivity index (χ2n) is 8.18. The number of rotatable bonds is 1. The van der Waals surface area contributed by atoms with Crippen LogP contribution in [0.3, 0.4) is 0 Å². The van der Waals surface area contributed by atoms with Gasteiger partial charge in [0.15, 0.2) is 5.78 Å². The molecule has 0 bridgehead atoms. The maximum absolute atomic E-state index is 12.9. The van der Waals surface area contributed by atoms with E-state index in [0.717, 1.165) is 22.3 Å². The van der Waals surface area contributed by atoms with Crippen molar-refractivity contribution in [1.82, 2.24) is 0 Å². The third-order valence-electron chi connectivity index (χ3n) is 4.10. The Kier molecular flexibility index (Phi) is 4.39. The molecule has 0 atom stereocenters. The van der Waals surface area contributed by atoms with E-state index in [1.54, 1.807) is 0 Å². The molecule has 0 spiro atoms. The van der Waals surface area contributed by atoms with Gasteiger partial charge in [-0.1, -0.05) is 71.9 Å². The fraction of sp³-hybridized carbons (Fsp3) is 0.381. The number of hydrogen-bond donors (Lipinski definition) is 1. The molecule has 0 saturated carbocycles. The summed E-state index contributed by atoms with van der Waals surface area (Å²) < 4.78 is 0. The van der Waals surface area contributed by atoms with Crippen molar-refractivity contribution in [3.05, 3.63) is 64.8 Å². The van der Waals surface area contributed by atoms with E-state index in [4.69, 9.17) is 5.73 Å². The lowest BCUT2D eigenvalue weighted by atomic mass is 9.71. The lowest BCUT2D eigenvalue weighted by molar-refractivity contribution is -0.114. The predicted molar refractivity (Wildman–Crippen MR) is 97.6 cm³/mol. The summed E-state index contributed by atoms with van der Waals surface area (Å²) in [5, 5.41) is 0. The number of benzene rings is 1. The van der Waals surface area contributed by atoms with Crippen molar-refractivity contribution < 1.29 is 4.79 Å². The lowest BCUT2D eigenvalue weighted by Crippen LogP contribution is -2.28. The van der Waals surface area contributed by atoms with Gasteiger partial charge in [0.1, 0.15) is 0 Å². The van der Waals surface area contributed by atoms with Crippen molar-refractivity contribution >= 4 is 11.5 Å². The number of allylic oxidation sites excluding steroid dienone is 5. The summed E-state index contributed by atoms with van der Waals surface area (Å²) in [7, 11) is 0. The van der Waals surface area contributed by atoms with E-state index >= 15 is 0 Å². The highest BCUT2D eigenvalue weighted by Gasteiger charge is 2.34. The second-order valence-corrected chi connectivity index (χ2v) is 8.18. The van der Waals surface area contributed by atoms with Crippen LogP contribution in [0.15, 0.2) is 59.2 Å². The summed E-state index contributed by atoms with van der Waals surface area (Å²) in [5.41, 5.74) is 10.2. The van der Waals surface area contributed by atoms with Gasteiger partial charge in [-0.25, -0.2) is 0 Å². The topological polar surface area (TPSA) is 43.1 Å². The van der Waals surface area contributed by atoms with Gasteiger partial charge in [0.05, 0.1) is 0 Å². The third kappa shape index (κ3) is 3.64. The quantitative estimate of drug-likeness (QED) is 0.803. The summed E-state index contributed by atoms with van der Waals surface area (Å²) in [4.78, 5) is 12.9. The highest BCUT2D eigenvalue weighted by atomic mass is 16.1. The van der Waals surface area contributed by atoms with Gasteiger partial charge in [-0.15, -0.1) is 0 Å². The zero-order valence-corrected chi connectivity index (χ0v) is 15.0. The number of ketones is 1. The molecule has 1 aliphatic rings. The van der Waals surface area contributed by atoms with Gasteiger partial charge in [-0.05, 0) is 34.1 Å². The Labute approximate surface area is 139 Å². The van der Waals surface area contributed by atoms with Crippen molar-refractivity contribution in [2.24, 2.45) is 16.6 Å². The van der Waals surface area contributed by atoms with Crippen molar-refractivity contribution in [2.75, 3.05) is 0 Å². The van der Waals surface area contributed by atoms with Crippen molar-refractivity contribution in [1.29, 1.82) is 0 Å². The van der Waals surface area contributed by atoms with Crippen LogP contribution in [0, 0.1) is 10.8 Å². The predicted octanol–water partition coefficient (Wildman–Crippen LogP) is 4.88. The van der Waals surface area contributed by atoms with Gasteiger partial charge in [0.2, 0.25) is 0 Å². The number of nitrogens with two attached hydrogens (primary N) is 1. The fourth-order valence-corrected chi connectivity index (χ4v) is 2.68. The molecule has 0 unspecified atom stereocenters. The van der Waals surface area contributed by atoms with E-state index in [-0.39, 0.29) is 16.6 Å². The monoisotopic (exact) mass is 309 g/mol. The molecule has 0 aromatic heterocycles. The smallest absolute Gasteiger partial charge is 0.186 e. The first-order valence-corrected chi connectivity index (χ1v) is 8.06. The van der Waals surface area contributed by atoms with E-state index in [9.17, 15) is 4.79 Å². The highest BCUT2D eigenvalue weighted by Crippen LogP contribution is 2.39. The van der Waals surface area contributed by atoms with Crippen LogP contribution in [0.1, 0.15) is 47.1 Å². The number of carbonyl (C=O) groups is 1. The Morgan fingerprint density at radius 1 is 0.826 bits per heavy atom. The highest BCUT2D eigenvalue weighted by molar-refractivity contribution is 6.12. The summed E-state index contributed by atoms with van der Waals surface area (Å²) in [6.07, 6.45) is 3.92. The molecule has 2 heteroatoms. The zero-order chi connectivity index (χ0) is 17.4. The van der Waals surface area contributed by atoms with E-state index < -0.39 is 0 Å². The average molecular weight is 309 g/mol. The van der Waals surface area contributed by atoms with Crippen LogP contribution < -0.4 is 5.73 Å². The second kappa shape index (κ2) is 5.84. The maximum Gasteiger partial charge on any atom is 0.186 e. The van der Waals surface area contributed by atoms with Gasteiger partial charge in [0.25, 0.3) is 0 Å². The Bertz CT molecular complexity index is 668. The molecule has 1 aromatic rings. The summed E-state index contributed by atoms with van der Waals surface area (Å²) >= 11 is 0.